The molecule has 2 aromatic heterocycles. The molecule has 0 N–H and O–H groups in total. The van der Waals surface area contributed by atoms with Crippen molar-refractivity contribution in [2.24, 2.45) is 5.10 Å². The Morgan fingerprint density at radius 2 is 1.73 bits per heavy atom. The Morgan fingerprint density at radius 1 is 0.925 bits per heavy atom. The fraction of sp³-hybridized carbons (Fsp3) is 0.0323. The molecule has 0 bridgehead atoms. The molecule has 0 saturated heterocycles. The lowest BCUT2D eigenvalue weighted by Crippen LogP contribution is -2.26. The van der Waals surface area contributed by atoms with Crippen LogP contribution in [0.4, 0.5) is 5.13 Å². The highest BCUT2D eigenvalue weighted by atomic mass is 32.1. The maximum absolute atomic E-state index is 13.9. The number of hydrogen-bond donors (Lipinski definition) is 0. The number of anilines is 1. The molecule has 8 nitrogen and oxygen atoms in total. The number of fused-ring (bicyclic) bond motifs is 2. The zero-order valence-electron chi connectivity index (χ0n) is 21.2. The number of aromatic nitrogens is 1. The average Bonchev–Trinajstić information content (AvgIpc) is 3.42. The third-order valence-corrected chi connectivity index (χ3v) is 7.03. The molecule has 1 amide bonds. The number of carbonyl (C=O) groups excluding carboxylic acids is 1. The maximum atomic E-state index is 13.9. The van der Waals surface area contributed by atoms with E-state index in [0.29, 0.717) is 44.4 Å². The Hall–Kier alpha value is -5.28. The van der Waals surface area contributed by atoms with Gasteiger partial charge in [0.1, 0.15) is 29.1 Å². The third kappa shape index (κ3) is 5.05. The molecular weight excluding hydrogens is 526 g/mol. The second kappa shape index (κ2) is 10.8. The SMILES string of the molecule is COc1ccc2nc(N(/N=C/c3coc4ccccc4c3=O)C(=O)c3cccc(Oc4ccccc4)c3)sc2c1. The van der Waals surface area contributed by atoms with Crippen molar-refractivity contribution in [2.75, 3.05) is 12.1 Å². The van der Waals surface area contributed by atoms with Crippen LogP contribution in [0.5, 0.6) is 17.2 Å². The molecule has 196 valence electrons. The van der Waals surface area contributed by atoms with Crippen LogP contribution in [0.2, 0.25) is 0 Å². The Kier molecular flexibility index (Phi) is 6.78. The Morgan fingerprint density at radius 3 is 2.58 bits per heavy atom. The van der Waals surface area contributed by atoms with Crippen LogP contribution in [0.1, 0.15) is 15.9 Å². The summed E-state index contributed by atoms with van der Waals surface area (Å²) in [5.41, 5.74) is 1.41. The maximum Gasteiger partial charge on any atom is 0.280 e. The van der Waals surface area contributed by atoms with E-state index in [2.05, 4.69) is 10.1 Å². The molecule has 0 aliphatic rings. The topological polar surface area (TPSA) is 94.2 Å². The number of hydrazone groups is 1. The number of rotatable bonds is 7. The van der Waals surface area contributed by atoms with Crippen molar-refractivity contribution in [1.29, 1.82) is 0 Å². The van der Waals surface area contributed by atoms with Gasteiger partial charge >= 0.3 is 0 Å². The number of methoxy groups -OCH3 is 1. The first-order valence-corrected chi connectivity index (χ1v) is 13.1. The second-order valence-electron chi connectivity index (χ2n) is 8.65. The van der Waals surface area contributed by atoms with Crippen LogP contribution in [-0.2, 0) is 0 Å². The Balaban J connectivity index is 1.40. The summed E-state index contributed by atoms with van der Waals surface area (Å²) in [5.74, 6) is 1.35. The fourth-order valence-electron chi connectivity index (χ4n) is 4.04. The van der Waals surface area contributed by atoms with Gasteiger partial charge in [-0.1, -0.05) is 47.7 Å². The van der Waals surface area contributed by atoms with Crippen molar-refractivity contribution < 1.29 is 18.7 Å². The van der Waals surface area contributed by atoms with Crippen LogP contribution in [0, 0.1) is 0 Å². The predicted molar refractivity (Wildman–Crippen MR) is 156 cm³/mol. The molecule has 0 saturated carbocycles. The molecule has 0 atom stereocenters. The van der Waals surface area contributed by atoms with Gasteiger partial charge in [0.15, 0.2) is 0 Å². The Bertz CT molecular complexity index is 1930. The second-order valence-corrected chi connectivity index (χ2v) is 9.66. The lowest BCUT2D eigenvalue weighted by Gasteiger charge is -2.14. The van der Waals surface area contributed by atoms with Gasteiger partial charge in [0.2, 0.25) is 10.6 Å². The Labute approximate surface area is 232 Å². The molecule has 0 unspecified atom stereocenters. The van der Waals surface area contributed by atoms with E-state index >= 15 is 0 Å². The van der Waals surface area contributed by atoms with Gasteiger partial charge in [0.05, 0.1) is 34.5 Å². The van der Waals surface area contributed by atoms with Crippen LogP contribution in [0.25, 0.3) is 21.2 Å². The third-order valence-electron chi connectivity index (χ3n) is 6.04. The summed E-state index contributed by atoms with van der Waals surface area (Å²) >= 11 is 1.27. The van der Waals surface area contributed by atoms with Gasteiger partial charge < -0.3 is 13.9 Å². The monoisotopic (exact) mass is 547 g/mol. The first-order chi connectivity index (χ1) is 19.6. The molecule has 6 aromatic rings. The molecule has 0 fully saturated rings. The van der Waals surface area contributed by atoms with E-state index in [-0.39, 0.29) is 11.0 Å². The number of amides is 1. The van der Waals surface area contributed by atoms with Crippen molar-refractivity contribution in [2.45, 2.75) is 0 Å². The van der Waals surface area contributed by atoms with E-state index in [1.54, 1.807) is 61.7 Å². The van der Waals surface area contributed by atoms with E-state index in [9.17, 15) is 9.59 Å². The highest BCUT2D eigenvalue weighted by Gasteiger charge is 2.22. The number of nitrogens with zero attached hydrogens (tertiary/aromatic N) is 3. The average molecular weight is 548 g/mol. The summed E-state index contributed by atoms with van der Waals surface area (Å²) in [5, 5.41) is 6.35. The molecular formula is C31H21N3O5S. The molecule has 0 radical (unpaired) electrons. The minimum Gasteiger partial charge on any atom is -0.497 e. The molecule has 4 aromatic carbocycles. The van der Waals surface area contributed by atoms with Gasteiger partial charge in [-0.2, -0.15) is 10.1 Å². The number of ether oxygens (including phenoxy) is 2. The highest BCUT2D eigenvalue weighted by Crippen LogP contribution is 2.33. The van der Waals surface area contributed by atoms with Gasteiger partial charge in [-0.05, 0) is 60.7 Å². The smallest absolute Gasteiger partial charge is 0.280 e. The van der Waals surface area contributed by atoms with Crippen LogP contribution in [-0.4, -0.2) is 24.2 Å². The van der Waals surface area contributed by atoms with Gasteiger partial charge in [-0.15, -0.1) is 0 Å². The van der Waals surface area contributed by atoms with Gasteiger partial charge in [0, 0.05) is 5.56 Å². The molecule has 2 heterocycles. The highest BCUT2D eigenvalue weighted by molar-refractivity contribution is 7.22. The van der Waals surface area contributed by atoms with Gasteiger partial charge in [-0.3, -0.25) is 9.59 Å². The van der Waals surface area contributed by atoms with Gasteiger partial charge in [-0.25, -0.2) is 4.98 Å². The number of benzene rings is 4. The van der Waals surface area contributed by atoms with E-state index in [4.69, 9.17) is 13.9 Å². The number of hydrogen-bond acceptors (Lipinski definition) is 8. The van der Waals surface area contributed by atoms with Gasteiger partial charge in [0.25, 0.3) is 5.91 Å². The first-order valence-electron chi connectivity index (χ1n) is 12.3. The lowest BCUT2D eigenvalue weighted by molar-refractivity contribution is 0.0987. The molecule has 40 heavy (non-hydrogen) atoms. The fourth-order valence-corrected chi connectivity index (χ4v) is 4.99. The standard InChI is InChI=1S/C31H21N3O5S/c1-37-23-14-15-26-28(17-23)40-31(33-26)34(32-18-21-19-38-27-13-6-5-12-25(27)29(21)35)30(36)20-8-7-11-24(16-20)39-22-9-3-2-4-10-22/h2-19H,1H3/b32-18+. The summed E-state index contributed by atoms with van der Waals surface area (Å²) in [7, 11) is 1.59. The summed E-state index contributed by atoms with van der Waals surface area (Å²) < 4.78 is 17.7. The van der Waals surface area contributed by atoms with Crippen LogP contribution >= 0.6 is 11.3 Å². The number of para-hydroxylation sites is 2. The first kappa shape index (κ1) is 25.0. The molecule has 9 heteroatoms. The van der Waals surface area contributed by atoms with E-state index in [0.717, 1.165) is 4.70 Å². The van der Waals surface area contributed by atoms with Crippen LogP contribution in [0.15, 0.2) is 118 Å². The van der Waals surface area contributed by atoms with Crippen molar-refractivity contribution in [3.8, 4) is 17.2 Å². The van der Waals surface area contributed by atoms with Crippen molar-refractivity contribution in [3.05, 3.63) is 125 Å². The minimum atomic E-state index is -0.453. The zero-order chi connectivity index (χ0) is 27.5. The quantitative estimate of drug-likeness (QED) is 0.160. The van der Waals surface area contributed by atoms with Crippen LogP contribution in [0.3, 0.4) is 0 Å². The lowest BCUT2D eigenvalue weighted by atomic mass is 10.2. The van der Waals surface area contributed by atoms with Crippen molar-refractivity contribution in [1.82, 2.24) is 4.98 Å². The van der Waals surface area contributed by atoms with Crippen LogP contribution < -0.4 is 19.9 Å². The van der Waals surface area contributed by atoms with E-state index < -0.39 is 5.91 Å². The summed E-state index contributed by atoms with van der Waals surface area (Å²) in [6.45, 7) is 0. The van der Waals surface area contributed by atoms with Crippen molar-refractivity contribution in [3.63, 3.8) is 0 Å². The summed E-state index contributed by atoms with van der Waals surface area (Å²) in [4.78, 5) is 31.5. The summed E-state index contributed by atoms with van der Waals surface area (Å²) in [6, 6.07) is 28.5. The number of thiazole rings is 1. The molecule has 0 aliphatic heterocycles. The normalized spacial score (nSPS) is 11.2. The molecule has 6 rings (SSSR count). The number of carbonyl (C=O) groups is 1. The predicted octanol–water partition coefficient (Wildman–Crippen LogP) is 6.88. The largest absolute Gasteiger partial charge is 0.497 e. The molecule has 0 spiro atoms. The van der Waals surface area contributed by atoms with E-state index in [1.165, 1.54) is 28.8 Å². The minimum absolute atomic E-state index is 0.195. The van der Waals surface area contributed by atoms with E-state index in [1.807, 2.05) is 42.5 Å². The summed E-state index contributed by atoms with van der Waals surface area (Å²) in [6.07, 6.45) is 2.64. The molecule has 0 aliphatic carbocycles. The van der Waals surface area contributed by atoms with Crippen molar-refractivity contribution >= 4 is 49.8 Å². The zero-order valence-corrected chi connectivity index (χ0v) is 22.0.